The lowest BCUT2D eigenvalue weighted by Crippen LogP contribution is -2.34. The Morgan fingerprint density at radius 3 is 3.00 bits per heavy atom. The fourth-order valence-electron chi connectivity index (χ4n) is 1.62. The first kappa shape index (κ1) is 11.9. The first-order valence-electron chi connectivity index (χ1n) is 5.30. The average Bonchev–Trinajstić information content (AvgIpc) is 2.66. The summed E-state index contributed by atoms with van der Waals surface area (Å²) in [6.07, 6.45) is 2.25. The summed E-state index contributed by atoms with van der Waals surface area (Å²) in [5.74, 6) is 2.06. The van der Waals surface area contributed by atoms with Gasteiger partial charge in [-0.1, -0.05) is 6.92 Å². The van der Waals surface area contributed by atoms with Crippen molar-refractivity contribution in [1.82, 2.24) is 10.2 Å². The molecule has 1 aliphatic rings. The van der Waals surface area contributed by atoms with Crippen molar-refractivity contribution < 1.29 is 4.79 Å². The number of carbonyl (C=O) groups excluding carboxylic acids is 1. The van der Waals surface area contributed by atoms with Crippen molar-refractivity contribution in [3.8, 4) is 0 Å². The van der Waals surface area contributed by atoms with Gasteiger partial charge in [-0.2, -0.15) is 11.8 Å². The summed E-state index contributed by atoms with van der Waals surface area (Å²) in [4.78, 5) is 13.6. The van der Waals surface area contributed by atoms with E-state index in [-0.39, 0.29) is 0 Å². The van der Waals surface area contributed by atoms with Crippen LogP contribution in [0.2, 0.25) is 0 Å². The molecular formula is C10H20N2OS. The highest BCUT2D eigenvalue weighted by molar-refractivity contribution is 7.99. The number of carbonyl (C=O) groups is 1. The lowest BCUT2D eigenvalue weighted by atomic mass is 10.3. The van der Waals surface area contributed by atoms with Crippen LogP contribution in [-0.2, 0) is 4.79 Å². The second-order valence-corrected chi connectivity index (χ2v) is 4.77. The van der Waals surface area contributed by atoms with Gasteiger partial charge in [0, 0.05) is 19.1 Å². The molecule has 1 N–H and O–H groups in total. The van der Waals surface area contributed by atoms with Crippen LogP contribution in [0.3, 0.4) is 0 Å². The van der Waals surface area contributed by atoms with Crippen LogP contribution in [0.1, 0.15) is 19.8 Å². The topological polar surface area (TPSA) is 32.3 Å². The number of thioether (sulfide) groups is 1. The number of rotatable bonds is 5. The van der Waals surface area contributed by atoms with Crippen LogP contribution in [0.25, 0.3) is 0 Å². The van der Waals surface area contributed by atoms with E-state index in [0.717, 1.165) is 31.7 Å². The van der Waals surface area contributed by atoms with E-state index in [9.17, 15) is 4.79 Å². The molecule has 1 fully saturated rings. The zero-order valence-electron chi connectivity index (χ0n) is 9.08. The number of hydrogen-bond acceptors (Lipinski definition) is 3. The lowest BCUT2D eigenvalue weighted by molar-refractivity contribution is -0.127. The molecule has 0 aliphatic carbocycles. The SMILES string of the molecule is CCCSCC(=O)N1CCC(NC)C1. The van der Waals surface area contributed by atoms with Crippen molar-refractivity contribution in [2.45, 2.75) is 25.8 Å². The summed E-state index contributed by atoms with van der Waals surface area (Å²) in [7, 11) is 1.96. The molecule has 1 atom stereocenters. The Morgan fingerprint density at radius 1 is 1.64 bits per heavy atom. The minimum Gasteiger partial charge on any atom is -0.340 e. The largest absolute Gasteiger partial charge is 0.340 e. The van der Waals surface area contributed by atoms with E-state index >= 15 is 0 Å². The van der Waals surface area contributed by atoms with Crippen LogP contribution in [0.4, 0.5) is 0 Å². The normalized spacial score (nSPS) is 21.6. The van der Waals surface area contributed by atoms with Crippen molar-refractivity contribution in [2.75, 3.05) is 31.6 Å². The number of amides is 1. The molecule has 82 valence electrons. The fourth-order valence-corrected chi connectivity index (χ4v) is 2.41. The Bertz CT molecular complexity index is 187. The highest BCUT2D eigenvalue weighted by Gasteiger charge is 2.24. The predicted octanol–water partition coefficient (Wildman–Crippen LogP) is 0.950. The Hall–Kier alpha value is -0.220. The summed E-state index contributed by atoms with van der Waals surface area (Å²) in [6.45, 7) is 3.96. The smallest absolute Gasteiger partial charge is 0.232 e. The Morgan fingerprint density at radius 2 is 2.43 bits per heavy atom. The minimum atomic E-state index is 0.307. The molecular weight excluding hydrogens is 196 g/mol. The van der Waals surface area contributed by atoms with Crippen molar-refractivity contribution in [3.63, 3.8) is 0 Å². The molecule has 1 heterocycles. The highest BCUT2D eigenvalue weighted by atomic mass is 32.2. The molecule has 4 heteroatoms. The molecule has 1 saturated heterocycles. The van der Waals surface area contributed by atoms with Crippen molar-refractivity contribution >= 4 is 17.7 Å². The minimum absolute atomic E-state index is 0.307. The molecule has 0 saturated carbocycles. The maximum atomic E-state index is 11.7. The van der Waals surface area contributed by atoms with Gasteiger partial charge in [-0.3, -0.25) is 4.79 Å². The van der Waals surface area contributed by atoms with E-state index in [2.05, 4.69) is 12.2 Å². The third-order valence-corrected chi connectivity index (χ3v) is 3.67. The average molecular weight is 216 g/mol. The van der Waals surface area contributed by atoms with Gasteiger partial charge in [0.15, 0.2) is 0 Å². The number of nitrogens with zero attached hydrogens (tertiary/aromatic N) is 1. The van der Waals surface area contributed by atoms with Gasteiger partial charge in [0.2, 0.25) is 5.91 Å². The van der Waals surface area contributed by atoms with E-state index in [1.54, 1.807) is 11.8 Å². The molecule has 0 aromatic carbocycles. The van der Waals surface area contributed by atoms with Gasteiger partial charge < -0.3 is 10.2 Å². The standard InChI is InChI=1S/C10H20N2OS/c1-3-6-14-8-10(13)12-5-4-9(7-12)11-2/h9,11H,3-8H2,1-2H3. The van der Waals surface area contributed by atoms with Gasteiger partial charge in [0.05, 0.1) is 5.75 Å². The molecule has 1 aliphatic heterocycles. The third-order valence-electron chi connectivity index (χ3n) is 2.52. The maximum Gasteiger partial charge on any atom is 0.232 e. The van der Waals surface area contributed by atoms with Crippen LogP contribution in [0, 0.1) is 0 Å². The first-order chi connectivity index (χ1) is 6.77. The van der Waals surface area contributed by atoms with Crippen LogP contribution < -0.4 is 5.32 Å². The second-order valence-electron chi connectivity index (χ2n) is 3.67. The van der Waals surface area contributed by atoms with Crippen LogP contribution in [0.15, 0.2) is 0 Å². The molecule has 3 nitrogen and oxygen atoms in total. The van der Waals surface area contributed by atoms with Crippen LogP contribution in [-0.4, -0.2) is 48.5 Å². The van der Waals surface area contributed by atoms with E-state index in [1.165, 1.54) is 0 Å². The molecule has 0 aromatic rings. The molecule has 1 unspecified atom stereocenters. The summed E-state index contributed by atoms with van der Waals surface area (Å²) < 4.78 is 0. The van der Waals surface area contributed by atoms with E-state index < -0.39 is 0 Å². The summed E-state index contributed by atoms with van der Waals surface area (Å²) in [5.41, 5.74) is 0. The van der Waals surface area contributed by atoms with Crippen LogP contribution in [0.5, 0.6) is 0 Å². The highest BCUT2D eigenvalue weighted by Crippen LogP contribution is 2.11. The summed E-state index contributed by atoms with van der Waals surface area (Å²) >= 11 is 1.75. The zero-order chi connectivity index (χ0) is 10.4. The molecule has 0 aromatic heterocycles. The lowest BCUT2D eigenvalue weighted by Gasteiger charge is -2.15. The number of hydrogen-bond donors (Lipinski definition) is 1. The third kappa shape index (κ3) is 3.50. The number of likely N-dealkylation sites (tertiary alicyclic amines) is 1. The number of nitrogens with one attached hydrogen (secondary N) is 1. The Kier molecular flexibility index (Phi) is 5.33. The monoisotopic (exact) mass is 216 g/mol. The molecule has 0 bridgehead atoms. The molecule has 0 spiro atoms. The van der Waals surface area contributed by atoms with E-state index in [0.29, 0.717) is 17.7 Å². The maximum absolute atomic E-state index is 11.7. The Labute approximate surface area is 90.6 Å². The van der Waals surface area contributed by atoms with Crippen molar-refractivity contribution in [1.29, 1.82) is 0 Å². The van der Waals surface area contributed by atoms with Gasteiger partial charge in [-0.15, -0.1) is 0 Å². The van der Waals surface area contributed by atoms with Crippen molar-refractivity contribution in [3.05, 3.63) is 0 Å². The van der Waals surface area contributed by atoms with Crippen molar-refractivity contribution in [2.24, 2.45) is 0 Å². The van der Waals surface area contributed by atoms with Gasteiger partial charge in [0.25, 0.3) is 0 Å². The molecule has 14 heavy (non-hydrogen) atoms. The molecule has 0 radical (unpaired) electrons. The predicted molar refractivity (Wildman–Crippen MR) is 61.7 cm³/mol. The zero-order valence-corrected chi connectivity index (χ0v) is 9.90. The first-order valence-corrected chi connectivity index (χ1v) is 6.46. The second kappa shape index (κ2) is 6.30. The fraction of sp³-hybridized carbons (Fsp3) is 0.900. The molecule has 1 rings (SSSR count). The van der Waals surface area contributed by atoms with Gasteiger partial charge in [-0.05, 0) is 25.6 Å². The van der Waals surface area contributed by atoms with Gasteiger partial charge in [-0.25, -0.2) is 0 Å². The quantitative estimate of drug-likeness (QED) is 0.695. The van der Waals surface area contributed by atoms with E-state index in [4.69, 9.17) is 0 Å². The van der Waals surface area contributed by atoms with Gasteiger partial charge >= 0.3 is 0 Å². The van der Waals surface area contributed by atoms with E-state index in [1.807, 2.05) is 11.9 Å². The van der Waals surface area contributed by atoms with Gasteiger partial charge in [0.1, 0.15) is 0 Å². The van der Waals surface area contributed by atoms with Crippen LogP contribution >= 0.6 is 11.8 Å². The Balaban J connectivity index is 2.18. The number of likely N-dealkylation sites (N-methyl/N-ethyl adjacent to an activating group) is 1. The molecule has 1 amide bonds. The summed E-state index contributed by atoms with van der Waals surface area (Å²) in [6, 6.07) is 0.509. The summed E-state index contributed by atoms with van der Waals surface area (Å²) in [5, 5.41) is 3.22.